The highest BCUT2D eigenvalue weighted by Gasteiger charge is 2.18. The lowest BCUT2D eigenvalue weighted by Gasteiger charge is -2.08. The van der Waals surface area contributed by atoms with Crippen LogP contribution in [0.4, 0.5) is 15.8 Å². The number of sulfonamides is 1. The molecule has 1 aromatic carbocycles. The van der Waals surface area contributed by atoms with E-state index in [-0.39, 0.29) is 16.6 Å². The molecule has 8 heteroatoms. The average molecular weight is 298 g/mol. The molecule has 2 aromatic rings. The first-order chi connectivity index (χ1) is 9.29. The number of aromatic nitrogens is 2. The third-order valence-electron chi connectivity index (χ3n) is 2.64. The van der Waals surface area contributed by atoms with Crippen LogP contribution in [-0.2, 0) is 10.0 Å². The van der Waals surface area contributed by atoms with Crippen molar-refractivity contribution < 1.29 is 12.8 Å². The van der Waals surface area contributed by atoms with E-state index >= 15 is 0 Å². The smallest absolute Gasteiger partial charge is 0.264 e. The van der Waals surface area contributed by atoms with E-state index in [2.05, 4.69) is 9.82 Å². The minimum atomic E-state index is -3.87. The monoisotopic (exact) mass is 298 g/mol. The Hall–Kier alpha value is -2.09. The minimum Gasteiger partial charge on any atom is -0.398 e. The van der Waals surface area contributed by atoms with Gasteiger partial charge in [0.2, 0.25) is 0 Å². The van der Waals surface area contributed by atoms with E-state index in [1.165, 1.54) is 6.20 Å². The Balaban J connectivity index is 2.30. The van der Waals surface area contributed by atoms with Crippen LogP contribution >= 0.6 is 0 Å². The third kappa shape index (κ3) is 2.90. The second-order valence-corrected chi connectivity index (χ2v) is 6.24. The zero-order valence-corrected chi connectivity index (χ0v) is 11.9. The number of hydrogen-bond acceptors (Lipinski definition) is 4. The molecule has 6 nitrogen and oxygen atoms in total. The molecule has 0 aliphatic rings. The molecule has 0 aliphatic heterocycles. The van der Waals surface area contributed by atoms with E-state index in [4.69, 9.17) is 5.73 Å². The number of nitrogens with one attached hydrogen (secondary N) is 1. The lowest BCUT2D eigenvalue weighted by Crippen LogP contribution is -2.14. The van der Waals surface area contributed by atoms with Gasteiger partial charge >= 0.3 is 0 Å². The van der Waals surface area contributed by atoms with Crippen LogP contribution in [0.3, 0.4) is 0 Å². The van der Waals surface area contributed by atoms with Gasteiger partial charge in [-0.1, -0.05) is 0 Å². The van der Waals surface area contributed by atoms with Crippen LogP contribution in [0.2, 0.25) is 0 Å². The molecule has 0 aliphatic carbocycles. The maximum Gasteiger partial charge on any atom is 0.264 e. The maximum atomic E-state index is 12.9. The zero-order chi connectivity index (χ0) is 14.9. The Labute approximate surface area is 116 Å². The Morgan fingerprint density at radius 2 is 2.10 bits per heavy atom. The molecule has 0 unspecified atom stereocenters. The van der Waals surface area contributed by atoms with Crippen molar-refractivity contribution in [2.24, 2.45) is 0 Å². The van der Waals surface area contributed by atoms with Gasteiger partial charge in [-0.05, 0) is 32.0 Å². The summed E-state index contributed by atoms with van der Waals surface area (Å²) in [7, 11) is -3.87. The fourth-order valence-corrected chi connectivity index (χ4v) is 2.79. The second-order valence-electron chi connectivity index (χ2n) is 4.59. The zero-order valence-electron chi connectivity index (χ0n) is 11.0. The van der Waals surface area contributed by atoms with E-state index < -0.39 is 15.8 Å². The van der Waals surface area contributed by atoms with Crippen LogP contribution in [-0.4, -0.2) is 18.2 Å². The summed E-state index contributed by atoms with van der Waals surface area (Å²) in [6.07, 6.45) is 2.97. The van der Waals surface area contributed by atoms with Crippen molar-refractivity contribution in [3.05, 3.63) is 36.4 Å². The molecule has 0 saturated heterocycles. The quantitative estimate of drug-likeness (QED) is 0.845. The predicted octanol–water partition coefficient (Wildman–Crippen LogP) is 1.99. The van der Waals surface area contributed by atoms with Gasteiger partial charge in [-0.3, -0.25) is 9.40 Å². The number of halogens is 1. The maximum absolute atomic E-state index is 12.9. The molecule has 0 bridgehead atoms. The first-order valence-corrected chi connectivity index (χ1v) is 7.40. The molecule has 108 valence electrons. The van der Waals surface area contributed by atoms with Crippen molar-refractivity contribution in [3.63, 3.8) is 0 Å². The molecule has 0 radical (unpaired) electrons. The lowest BCUT2D eigenvalue weighted by molar-refractivity contribution is 0.532. The topological polar surface area (TPSA) is 90.0 Å². The fourth-order valence-electron chi connectivity index (χ4n) is 1.65. The van der Waals surface area contributed by atoms with Crippen molar-refractivity contribution >= 4 is 21.4 Å². The minimum absolute atomic E-state index is 0.115. The standard InChI is InChI=1S/C12H15FN4O2S/c1-8(2)17-7-10(6-15-17)16-20(18,19)12-4-3-9(13)5-11(12)14/h3-8,16H,14H2,1-2H3. The van der Waals surface area contributed by atoms with Crippen LogP contribution in [0.5, 0.6) is 0 Å². The molecular formula is C12H15FN4O2S. The highest BCUT2D eigenvalue weighted by atomic mass is 32.2. The molecule has 0 fully saturated rings. The van der Waals surface area contributed by atoms with Gasteiger partial charge in [0.25, 0.3) is 10.0 Å². The van der Waals surface area contributed by atoms with Gasteiger partial charge in [-0.15, -0.1) is 0 Å². The van der Waals surface area contributed by atoms with Gasteiger partial charge in [0, 0.05) is 12.2 Å². The highest BCUT2D eigenvalue weighted by Crippen LogP contribution is 2.22. The molecule has 0 spiro atoms. The molecule has 0 atom stereocenters. The molecule has 1 aromatic heterocycles. The Bertz CT molecular complexity index is 725. The van der Waals surface area contributed by atoms with Crippen LogP contribution in [0, 0.1) is 5.82 Å². The van der Waals surface area contributed by atoms with Crippen LogP contribution in [0.25, 0.3) is 0 Å². The summed E-state index contributed by atoms with van der Waals surface area (Å²) in [5.41, 5.74) is 5.71. The fraction of sp³-hybridized carbons (Fsp3) is 0.250. The van der Waals surface area contributed by atoms with Gasteiger partial charge in [0.15, 0.2) is 0 Å². The molecular weight excluding hydrogens is 283 g/mol. The molecule has 2 rings (SSSR count). The average Bonchev–Trinajstić information content (AvgIpc) is 2.76. The Morgan fingerprint density at radius 3 is 2.65 bits per heavy atom. The first kappa shape index (κ1) is 14.3. The number of nitrogens with two attached hydrogens (primary N) is 1. The van der Waals surface area contributed by atoms with Crippen molar-refractivity contribution in [1.29, 1.82) is 0 Å². The van der Waals surface area contributed by atoms with Crippen molar-refractivity contribution in [3.8, 4) is 0 Å². The first-order valence-electron chi connectivity index (χ1n) is 5.91. The number of nitrogens with zero attached hydrogens (tertiary/aromatic N) is 2. The van der Waals surface area contributed by atoms with Crippen molar-refractivity contribution in [1.82, 2.24) is 9.78 Å². The number of benzene rings is 1. The summed E-state index contributed by atoms with van der Waals surface area (Å²) >= 11 is 0. The summed E-state index contributed by atoms with van der Waals surface area (Å²) in [4.78, 5) is -0.170. The summed E-state index contributed by atoms with van der Waals surface area (Å²) in [5.74, 6) is -0.589. The van der Waals surface area contributed by atoms with Gasteiger partial charge in [0.1, 0.15) is 10.7 Å². The van der Waals surface area contributed by atoms with E-state index in [9.17, 15) is 12.8 Å². The third-order valence-corrected chi connectivity index (χ3v) is 4.10. The van der Waals surface area contributed by atoms with Crippen molar-refractivity contribution in [2.45, 2.75) is 24.8 Å². The molecule has 3 N–H and O–H groups in total. The van der Waals surface area contributed by atoms with Gasteiger partial charge < -0.3 is 5.73 Å². The van der Waals surface area contributed by atoms with E-state index in [0.717, 1.165) is 18.2 Å². The van der Waals surface area contributed by atoms with E-state index in [1.54, 1.807) is 10.9 Å². The Kier molecular flexibility index (Phi) is 3.67. The largest absolute Gasteiger partial charge is 0.398 e. The lowest BCUT2D eigenvalue weighted by atomic mass is 10.3. The van der Waals surface area contributed by atoms with Gasteiger partial charge in [-0.2, -0.15) is 5.10 Å². The summed E-state index contributed by atoms with van der Waals surface area (Å²) in [5, 5.41) is 4.03. The highest BCUT2D eigenvalue weighted by molar-refractivity contribution is 7.92. The van der Waals surface area contributed by atoms with Crippen molar-refractivity contribution in [2.75, 3.05) is 10.5 Å². The summed E-state index contributed by atoms with van der Waals surface area (Å²) in [6.45, 7) is 3.84. The van der Waals surface area contributed by atoms with Gasteiger partial charge in [-0.25, -0.2) is 12.8 Å². The predicted molar refractivity (Wildman–Crippen MR) is 74.2 cm³/mol. The molecule has 0 amide bonds. The molecule has 20 heavy (non-hydrogen) atoms. The number of nitrogen functional groups attached to an aromatic ring is 1. The number of rotatable bonds is 4. The van der Waals surface area contributed by atoms with Crippen LogP contribution < -0.4 is 10.5 Å². The van der Waals surface area contributed by atoms with Gasteiger partial charge in [0.05, 0.1) is 17.6 Å². The number of anilines is 2. The number of hydrogen-bond donors (Lipinski definition) is 2. The normalized spacial score (nSPS) is 11.8. The SMILES string of the molecule is CC(C)n1cc(NS(=O)(=O)c2ccc(F)cc2N)cn1. The van der Waals surface area contributed by atoms with E-state index in [1.807, 2.05) is 13.8 Å². The summed E-state index contributed by atoms with van der Waals surface area (Å²) < 4.78 is 41.2. The van der Waals surface area contributed by atoms with Crippen LogP contribution in [0.15, 0.2) is 35.5 Å². The molecule has 0 saturated carbocycles. The van der Waals surface area contributed by atoms with Crippen LogP contribution in [0.1, 0.15) is 19.9 Å². The van der Waals surface area contributed by atoms with E-state index in [0.29, 0.717) is 5.69 Å². The summed E-state index contributed by atoms with van der Waals surface area (Å²) in [6, 6.07) is 3.25. The molecule has 1 heterocycles. The second kappa shape index (κ2) is 5.12. The Morgan fingerprint density at radius 1 is 1.40 bits per heavy atom.